The molecule has 3 N–H and O–H groups in total. The maximum Gasteiger partial charge on any atom is 0.501 e. The molecule has 0 saturated heterocycles. The largest absolute Gasteiger partial charge is 0.501 e. The number of benzene rings is 2. The molecule has 2 amide bonds. The summed E-state index contributed by atoms with van der Waals surface area (Å²) in [5, 5.41) is 14.2. The van der Waals surface area contributed by atoms with Gasteiger partial charge in [0.1, 0.15) is 11.6 Å². The van der Waals surface area contributed by atoms with Crippen LogP contribution in [0.25, 0.3) is 11.3 Å². The number of carboxylic acid groups (broad SMARTS) is 1. The van der Waals surface area contributed by atoms with Crippen molar-refractivity contribution in [1.29, 1.82) is 0 Å². The Hall–Kier alpha value is -4.60. The number of nitrogens with zero attached hydrogens (tertiary/aromatic N) is 2. The van der Waals surface area contributed by atoms with Crippen LogP contribution >= 0.6 is 0 Å². The number of halogens is 4. The van der Waals surface area contributed by atoms with Gasteiger partial charge in [-0.05, 0) is 55.4 Å². The van der Waals surface area contributed by atoms with Gasteiger partial charge in [-0.2, -0.15) is 13.2 Å². The number of methoxy groups -OCH3 is 1. The molecule has 2 aromatic carbocycles. The summed E-state index contributed by atoms with van der Waals surface area (Å²) >= 11 is 0. The molecule has 2 bridgehead atoms. The number of alkyl halides is 3. The zero-order valence-corrected chi connectivity index (χ0v) is 25.0. The fraction of sp³-hybridized carbons (Fsp3) is 0.367. The van der Waals surface area contributed by atoms with Gasteiger partial charge >= 0.3 is 11.5 Å². The lowest BCUT2D eigenvalue weighted by atomic mass is 9.83. The topological polar surface area (TPSA) is 165 Å². The van der Waals surface area contributed by atoms with Gasteiger partial charge in [0.25, 0.3) is 15.7 Å². The summed E-state index contributed by atoms with van der Waals surface area (Å²) in [7, 11) is -4.38. The van der Waals surface area contributed by atoms with Gasteiger partial charge in [0.15, 0.2) is 0 Å². The van der Waals surface area contributed by atoms with Crippen LogP contribution in [0.4, 0.5) is 23.2 Å². The first kappa shape index (κ1) is 32.8. The predicted molar refractivity (Wildman–Crippen MR) is 154 cm³/mol. The number of sulfone groups is 1. The molecule has 5 rings (SSSR count). The smallest absolute Gasteiger partial charge is 0.496 e. The van der Waals surface area contributed by atoms with Crippen molar-refractivity contribution >= 4 is 33.3 Å². The number of hydrogen-bond donors (Lipinski definition) is 3. The first-order chi connectivity index (χ1) is 21.7. The first-order valence-electron chi connectivity index (χ1n) is 14.1. The highest BCUT2D eigenvalue weighted by Gasteiger charge is 2.52. The minimum absolute atomic E-state index is 0.0531. The van der Waals surface area contributed by atoms with E-state index in [0.29, 0.717) is 25.0 Å². The van der Waals surface area contributed by atoms with E-state index in [1.165, 1.54) is 31.6 Å². The molecular weight excluding hydrogens is 636 g/mol. The van der Waals surface area contributed by atoms with Crippen molar-refractivity contribution in [3.05, 3.63) is 65.9 Å². The van der Waals surface area contributed by atoms with E-state index in [1.807, 2.05) is 0 Å². The van der Waals surface area contributed by atoms with Gasteiger partial charge in [0.05, 0.1) is 47.5 Å². The number of aromatic nitrogens is 2. The first-order valence-corrected chi connectivity index (χ1v) is 15.6. The molecule has 1 aromatic heterocycles. The number of ether oxygens (including phenoxy) is 1. The summed E-state index contributed by atoms with van der Waals surface area (Å²) in [5.74, 6) is -4.12. The Morgan fingerprint density at radius 2 is 1.80 bits per heavy atom. The monoisotopic (exact) mass is 664 g/mol. The summed E-state index contributed by atoms with van der Waals surface area (Å²) in [5.41, 5.74) is -5.33. The SMILES string of the molecule is COc1cc(F)c(-c2cnc(CCC(=O)O)cn2)cc1C(=O)N[C@@H]1[C@H]2CC[C@H](C2)[C@@H]1C(=O)Nc1cccc(S(=O)(=O)C(F)(F)F)c1. The second-order valence-electron chi connectivity index (χ2n) is 11.1. The average Bonchev–Trinajstić information content (AvgIpc) is 3.62. The molecule has 0 aliphatic heterocycles. The third-order valence-corrected chi connectivity index (χ3v) is 9.83. The summed E-state index contributed by atoms with van der Waals surface area (Å²) in [4.78, 5) is 45.2. The van der Waals surface area contributed by atoms with Crippen molar-refractivity contribution in [2.75, 3.05) is 12.4 Å². The Balaban J connectivity index is 1.37. The summed E-state index contributed by atoms with van der Waals surface area (Å²) in [6.07, 6.45) is 4.54. The molecule has 0 radical (unpaired) electrons. The van der Waals surface area contributed by atoms with Crippen LogP contribution in [0.15, 0.2) is 53.7 Å². The van der Waals surface area contributed by atoms with Crippen LogP contribution in [-0.4, -0.2) is 59.9 Å². The maximum absolute atomic E-state index is 15.1. The van der Waals surface area contributed by atoms with Crippen LogP contribution in [0, 0.1) is 23.6 Å². The van der Waals surface area contributed by atoms with E-state index in [0.717, 1.165) is 24.3 Å². The zero-order chi connectivity index (χ0) is 33.4. The van der Waals surface area contributed by atoms with Crippen molar-refractivity contribution < 1.29 is 50.2 Å². The van der Waals surface area contributed by atoms with Crippen LogP contribution in [-0.2, 0) is 25.8 Å². The van der Waals surface area contributed by atoms with Gasteiger partial charge < -0.3 is 20.5 Å². The standard InChI is InChI=1S/C30H28F4N4O7S/c1-45-24-12-22(31)20(23-14-35-18(13-36-23)7-8-25(39)40)11-21(24)28(41)38-27-16-6-5-15(9-16)26(27)29(42)37-17-3-2-4-19(10-17)46(43,44)30(32,33)34/h2-4,10-16,26-27H,5-9H2,1H3,(H,37,42)(H,38,41)(H,39,40)/t15-,16+,26+,27-/m1/s1. The number of anilines is 1. The molecule has 244 valence electrons. The molecule has 2 aliphatic carbocycles. The second kappa shape index (κ2) is 12.7. The fourth-order valence-corrected chi connectivity index (χ4v) is 6.97. The Morgan fingerprint density at radius 3 is 2.46 bits per heavy atom. The molecule has 4 atom stereocenters. The molecule has 2 saturated carbocycles. The number of rotatable bonds is 10. The van der Waals surface area contributed by atoms with Gasteiger partial charge in [-0.1, -0.05) is 6.07 Å². The lowest BCUT2D eigenvalue weighted by molar-refractivity contribution is -0.137. The number of carbonyl (C=O) groups is 3. The van der Waals surface area contributed by atoms with Crippen LogP contribution in [0.1, 0.15) is 41.7 Å². The van der Waals surface area contributed by atoms with Gasteiger partial charge in [0, 0.05) is 36.0 Å². The highest BCUT2D eigenvalue weighted by Crippen LogP contribution is 2.49. The Morgan fingerprint density at radius 1 is 1.07 bits per heavy atom. The molecule has 0 unspecified atom stereocenters. The van der Waals surface area contributed by atoms with E-state index in [-0.39, 0.29) is 52.9 Å². The summed E-state index contributed by atoms with van der Waals surface area (Å²) in [6, 6.07) is 5.43. The predicted octanol–water partition coefficient (Wildman–Crippen LogP) is 4.39. The minimum atomic E-state index is -5.64. The molecule has 2 fully saturated rings. The van der Waals surface area contributed by atoms with E-state index in [1.54, 1.807) is 0 Å². The second-order valence-corrected chi connectivity index (χ2v) is 13.1. The Labute approximate surface area is 260 Å². The molecule has 16 heteroatoms. The third kappa shape index (κ3) is 6.52. The van der Waals surface area contributed by atoms with Crippen molar-refractivity contribution in [2.45, 2.75) is 48.5 Å². The number of nitrogens with one attached hydrogen (secondary N) is 2. The number of carboxylic acids is 1. The number of amides is 2. The molecular formula is C30H28F4N4O7S. The van der Waals surface area contributed by atoms with Crippen LogP contribution < -0.4 is 15.4 Å². The Bertz CT molecular complexity index is 1780. The van der Waals surface area contributed by atoms with Gasteiger partial charge in [-0.3, -0.25) is 24.4 Å². The van der Waals surface area contributed by atoms with Crippen LogP contribution in [0.3, 0.4) is 0 Å². The Kier molecular flexibility index (Phi) is 9.02. The molecule has 3 aromatic rings. The molecule has 46 heavy (non-hydrogen) atoms. The van der Waals surface area contributed by atoms with Gasteiger partial charge in [-0.15, -0.1) is 0 Å². The molecule has 0 spiro atoms. The zero-order valence-electron chi connectivity index (χ0n) is 24.2. The lowest BCUT2D eigenvalue weighted by Crippen LogP contribution is -2.48. The van der Waals surface area contributed by atoms with Crippen LogP contribution in [0.2, 0.25) is 0 Å². The van der Waals surface area contributed by atoms with E-state index >= 15 is 4.39 Å². The van der Waals surface area contributed by atoms with Crippen molar-refractivity contribution in [3.63, 3.8) is 0 Å². The molecule has 1 heterocycles. The number of carbonyl (C=O) groups excluding carboxylic acids is 2. The quantitative estimate of drug-likeness (QED) is 0.267. The van der Waals surface area contributed by atoms with E-state index in [2.05, 4.69) is 20.6 Å². The number of fused-ring (bicyclic) bond motifs is 2. The van der Waals surface area contributed by atoms with E-state index in [4.69, 9.17) is 9.84 Å². The fourth-order valence-electron chi connectivity index (χ4n) is 6.16. The molecule has 2 aliphatic rings. The highest BCUT2D eigenvalue weighted by molar-refractivity contribution is 7.92. The minimum Gasteiger partial charge on any atom is -0.496 e. The van der Waals surface area contributed by atoms with E-state index < -0.39 is 55.8 Å². The number of aliphatic carboxylic acids is 1. The summed E-state index contributed by atoms with van der Waals surface area (Å²) < 4.78 is 83.3. The average molecular weight is 665 g/mol. The van der Waals surface area contributed by atoms with Crippen LogP contribution in [0.5, 0.6) is 5.75 Å². The van der Waals surface area contributed by atoms with Crippen molar-refractivity contribution in [1.82, 2.24) is 15.3 Å². The molecule has 11 nitrogen and oxygen atoms in total. The number of hydrogen-bond acceptors (Lipinski definition) is 8. The lowest BCUT2D eigenvalue weighted by Gasteiger charge is -2.31. The van der Waals surface area contributed by atoms with Gasteiger partial charge in [0.2, 0.25) is 5.91 Å². The van der Waals surface area contributed by atoms with Gasteiger partial charge in [-0.25, -0.2) is 12.8 Å². The summed E-state index contributed by atoms with van der Waals surface area (Å²) in [6.45, 7) is 0. The van der Waals surface area contributed by atoms with E-state index in [9.17, 15) is 36.0 Å². The van der Waals surface area contributed by atoms with Crippen molar-refractivity contribution in [2.24, 2.45) is 17.8 Å². The normalized spacial score (nSPS) is 20.7. The third-order valence-electron chi connectivity index (χ3n) is 8.34. The van der Waals surface area contributed by atoms with Crippen molar-refractivity contribution in [3.8, 4) is 17.0 Å². The highest BCUT2D eigenvalue weighted by atomic mass is 32.2. The number of aryl methyl sites for hydroxylation is 1. The maximum atomic E-state index is 15.1.